The molecule has 6 heteroatoms. The fourth-order valence-electron chi connectivity index (χ4n) is 2.53. The van der Waals surface area contributed by atoms with Crippen LogP contribution in [-0.4, -0.2) is 40.8 Å². The molecule has 1 fully saturated rings. The van der Waals surface area contributed by atoms with E-state index in [-0.39, 0.29) is 6.61 Å². The van der Waals surface area contributed by atoms with Gasteiger partial charge in [0.2, 0.25) is 5.91 Å². The highest BCUT2D eigenvalue weighted by Crippen LogP contribution is 2.23. The number of halogens is 1. The summed E-state index contributed by atoms with van der Waals surface area (Å²) in [5.74, 6) is -2.51. The number of aliphatic hydroxyl groups excluding tert-OH is 1. The van der Waals surface area contributed by atoms with Gasteiger partial charge in [-0.2, -0.15) is 0 Å². The molecular weight excluding hydrogens is 301 g/mol. The van der Waals surface area contributed by atoms with Gasteiger partial charge in [0.05, 0.1) is 12.0 Å². The molecule has 2 rings (SSSR count). The van der Waals surface area contributed by atoms with E-state index in [1.165, 1.54) is 13.8 Å². The van der Waals surface area contributed by atoms with Crippen molar-refractivity contribution in [2.45, 2.75) is 32.4 Å². The smallest absolute Gasteiger partial charge is 0.416 e. The average Bonchev–Trinajstić information content (AvgIpc) is 2.93. The van der Waals surface area contributed by atoms with E-state index in [2.05, 4.69) is 0 Å². The fraction of sp³-hybridized carbons (Fsp3) is 0.412. The molecule has 1 aliphatic rings. The average molecular weight is 321 g/mol. The molecule has 1 aromatic rings. The highest BCUT2D eigenvalue weighted by atomic mass is 19.1. The Labute approximate surface area is 134 Å². The molecule has 0 bridgehead atoms. The summed E-state index contributed by atoms with van der Waals surface area (Å²) < 4.78 is 18.5. The first-order valence-corrected chi connectivity index (χ1v) is 7.49. The largest absolute Gasteiger partial charge is 0.447 e. The van der Waals surface area contributed by atoms with Crippen molar-refractivity contribution in [3.8, 4) is 0 Å². The topological polar surface area (TPSA) is 66.8 Å². The van der Waals surface area contributed by atoms with Crippen LogP contribution in [0.4, 0.5) is 9.18 Å². The molecule has 2 amide bonds. The van der Waals surface area contributed by atoms with Crippen molar-refractivity contribution in [3.63, 3.8) is 0 Å². The minimum atomic E-state index is -1.57. The molecule has 1 heterocycles. The third-order valence-electron chi connectivity index (χ3n) is 3.93. The maximum atomic E-state index is 13.5. The predicted octanol–water partition coefficient (Wildman–Crippen LogP) is 2.45. The standard InChI is InChI=1S/C17H20FNO4/c1-3-14(18)15(20)11(2)16(21)19-13(10-23-17(19)22)9-12-7-5-4-6-8-12/h3-8,11,13,15,20H,9-10H2,1-2H3/b14-3-/t11-,13-,15-/m1/s1. The number of cyclic esters (lactones) is 1. The van der Waals surface area contributed by atoms with Gasteiger partial charge in [0, 0.05) is 0 Å². The molecule has 1 N–H and O–H groups in total. The number of ether oxygens (including phenoxy) is 1. The summed E-state index contributed by atoms with van der Waals surface area (Å²) in [6, 6.07) is 8.94. The molecule has 124 valence electrons. The predicted molar refractivity (Wildman–Crippen MR) is 82.2 cm³/mol. The normalized spacial score (nSPS) is 21.0. The first-order valence-electron chi connectivity index (χ1n) is 7.49. The van der Waals surface area contributed by atoms with Crippen LogP contribution in [0.5, 0.6) is 0 Å². The third-order valence-corrected chi connectivity index (χ3v) is 3.93. The van der Waals surface area contributed by atoms with Gasteiger partial charge < -0.3 is 9.84 Å². The molecule has 0 aromatic heterocycles. The fourth-order valence-corrected chi connectivity index (χ4v) is 2.53. The number of allylic oxidation sites excluding steroid dienone is 1. The summed E-state index contributed by atoms with van der Waals surface area (Å²) in [4.78, 5) is 25.4. The van der Waals surface area contributed by atoms with E-state index in [9.17, 15) is 19.1 Å². The zero-order valence-electron chi connectivity index (χ0n) is 13.1. The van der Waals surface area contributed by atoms with Crippen LogP contribution in [0.15, 0.2) is 42.2 Å². The van der Waals surface area contributed by atoms with E-state index in [4.69, 9.17) is 4.74 Å². The molecule has 1 aliphatic heterocycles. The minimum Gasteiger partial charge on any atom is -0.447 e. The van der Waals surface area contributed by atoms with Crippen LogP contribution in [0.1, 0.15) is 19.4 Å². The lowest BCUT2D eigenvalue weighted by atomic mass is 9.99. The zero-order chi connectivity index (χ0) is 17.0. The molecule has 1 aromatic carbocycles. The quantitative estimate of drug-likeness (QED) is 0.904. The van der Waals surface area contributed by atoms with E-state index in [1.54, 1.807) is 0 Å². The molecule has 0 unspecified atom stereocenters. The number of hydrogen-bond acceptors (Lipinski definition) is 4. The molecular formula is C17H20FNO4. The van der Waals surface area contributed by atoms with E-state index in [0.717, 1.165) is 16.5 Å². The Bertz CT molecular complexity index is 602. The Morgan fingerprint density at radius 1 is 1.48 bits per heavy atom. The maximum absolute atomic E-state index is 13.5. The first kappa shape index (κ1) is 17.1. The SMILES string of the molecule is C/C=C(\F)[C@H](O)[C@@H](C)C(=O)N1C(=O)OC[C@H]1Cc1ccccc1. The summed E-state index contributed by atoms with van der Waals surface area (Å²) in [6.07, 6.45) is -0.778. The van der Waals surface area contributed by atoms with Crippen molar-refractivity contribution < 1.29 is 23.8 Å². The monoisotopic (exact) mass is 321 g/mol. The lowest BCUT2D eigenvalue weighted by Crippen LogP contribution is -2.45. The van der Waals surface area contributed by atoms with E-state index < -0.39 is 35.9 Å². The van der Waals surface area contributed by atoms with Gasteiger partial charge in [0.1, 0.15) is 18.5 Å². The van der Waals surface area contributed by atoms with Crippen molar-refractivity contribution in [1.29, 1.82) is 0 Å². The number of imide groups is 1. The third kappa shape index (κ3) is 3.76. The number of rotatable bonds is 5. The van der Waals surface area contributed by atoms with Gasteiger partial charge in [-0.15, -0.1) is 0 Å². The number of carbonyl (C=O) groups is 2. The summed E-state index contributed by atoms with van der Waals surface area (Å²) in [6.45, 7) is 2.91. The van der Waals surface area contributed by atoms with E-state index in [1.807, 2.05) is 30.3 Å². The summed E-state index contributed by atoms with van der Waals surface area (Å²) in [5.41, 5.74) is 0.960. The zero-order valence-corrected chi connectivity index (χ0v) is 13.1. The first-order chi connectivity index (χ1) is 11.0. The summed E-state index contributed by atoms with van der Waals surface area (Å²) in [7, 11) is 0. The number of hydrogen-bond donors (Lipinski definition) is 1. The van der Waals surface area contributed by atoms with Gasteiger partial charge in [-0.25, -0.2) is 14.1 Å². The molecule has 1 saturated heterocycles. The van der Waals surface area contributed by atoms with Crippen molar-refractivity contribution in [3.05, 3.63) is 47.8 Å². The van der Waals surface area contributed by atoms with Crippen LogP contribution < -0.4 is 0 Å². The van der Waals surface area contributed by atoms with Crippen LogP contribution in [0.2, 0.25) is 0 Å². The van der Waals surface area contributed by atoms with E-state index >= 15 is 0 Å². The molecule has 0 aliphatic carbocycles. The van der Waals surface area contributed by atoms with Crippen molar-refractivity contribution in [2.24, 2.45) is 5.92 Å². The lowest BCUT2D eigenvalue weighted by molar-refractivity contribution is -0.135. The van der Waals surface area contributed by atoms with Gasteiger partial charge in [0.25, 0.3) is 0 Å². The van der Waals surface area contributed by atoms with Crippen molar-refractivity contribution >= 4 is 12.0 Å². The highest BCUT2D eigenvalue weighted by Gasteiger charge is 2.41. The van der Waals surface area contributed by atoms with Crippen LogP contribution in [0, 0.1) is 5.92 Å². The number of nitrogens with zero attached hydrogens (tertiary/aromatic N) is 1. The molecule has 3 atom stereocenters. The van der Waals surface area contributed by atoms with Gasteiger partial charge in [-0.05, 0) is 18.9 Å². The second-order valence-electron chi connectivity index (χ2n) is 5.54. The molecule has 0 spiro atoms. The minimum absolute atomic E-state index is 0.0916. The molecule has 0 saturated carbocycles. The molecule has 5 nitrogen and oxygen atoms in total. The van der Waals surface area contributed by atoms with Gasteiger partial charge in [0.15, 0.2) is 0 Å². The van der Waals surface area contributed by atoms with Crippen LogP contribution in [0.3, 0.4) is 0 Å². The highest BCUT2D eigenvalue weighted by molar-refractivity contribution is 5.95. The second-order valence-corrected chi connectivity index (χ2v) is 5.54. The van der Waals surface area contributed by atoms with Gasteiger partial charge in [-0.1, -0.05) is 43.3 Å². The number of aliphatic hydroxyl groups is 1. The Morgan fingerprint density at radius 3 is 2.74 bits per heavy atom. The Balaban J connectivity index is 2.14. The van der Waals surface area contributed by atoms with Crippen molar-refractivity contribution in [1.82, 2.24) is 4.90 Å². The van der Waals surface area contributed by atoms with Crippen LogP contribution in [0.25, 0.3) is 0 Å². The number of benzene rings is 1. The second kappa shape index (κ2) is 7.37. The van der Waals surface area contributed by atoms with E-state index in [0.29, 0.717) is 6.42 Å². The molecule has 23 heavy (non-hydrogen) atoms. The maximum Gasteiger partial charge on any atom is 0.416 e. The Kier molecular flexibility index (Phi) is 5.50. The summed E-state index contributed by atoms with van der Waals surface area (Å²) in [5, 5.41) is 9.84. The summed E-state index contributed by atoms with van der Waals surface area (Å²) >= 11 is 0. The van der Waals surface area contributed by atoms with Gasteiger partial charge in [-0.3, -0.25) is 4.79 Å². The van der Waals surface area contributed by atoms with Crippen LogP contribution >= 0.6 is 0 Å². The molecule has 0 radical (unpaired) electrons. The van der Waals surface area contributed by atoms with Gasteiger partial charge >= 0.3 is 6.09 Å². The number of amides is 2. The Hall–Kier alpha value is -2.21. The van der Waals surface area contributed by atoms with Crippen LogP contribution in [-0.2, 0) is 16.0 Å². The lowest BCUT2D eigenvalue weighted by Gasteiger charge is -2.25. The van der Waals surface area contributed by atoms with Crippen molar-refractivity contribution in [2.75, 3.05) is 6.61 Å². The number of carbonyl (C=O) groups excluding carboxylic acids is 2. The Morgan fingerprint density at radius 2 is 2.13 bits per heavy atom.